The number of para-hydroxylation sites is 1. The zero-order valence-corrected chi connectivity index (χ0v) is 16.4. The van der Waals surface area contributed by atoms with E-state index in [0.29, 0.717) is 5.69 Å². The van der Waals surface area contributed by atoms with Crippen molar-refractivity contribution in [3.05, 3.63) is 42.0 Å². The second-order valence-corrected chi connectivity index (χ2v) is 8.31. The number of benzene rings is 1. The van der Waals surface area contributed by atoms with Crippen molar-refractivity contribution in [3.63, 3.8) is 0 Å². The molecule has 0 heterocycles. The molecule has 9 heteroatoms. The number of rotatable bonds is 5. The van der Waals surface area contributed by atoms with Gasteiger partial charge in [-0.1, -0.05) is 37.6 Å². The van der Waals surface area contributed by atoms with E-state index in [1.54, 1.807) is 37.3 Å². The molecule has 1 aromatic rings. The number of aliphatic hydroxyl groups is 1. The first-order valence-electron chi connectivity index (χ1n) is 8.12. The number of nitrogens with one attached hydrogen (secondary N) is 1. The molecule has 0 bridgehead atoms. The van der Waals surface area contributed by atoms with Crippen molar-refractivity contribution in [2.75, 3.05) is 5.43 Å². The van der Waals surface area contributed by atoms with Crippen molar-refractivity contribution in [1.82, 2.24) is 0 Å². The van der Waals surface area contributed by atoms with Gasteiger partial charge in [-0.25, -0.2) is 0 Å². The quantitative estimate of drug-likeness (QED) is 0.352. The fourth-order valence-electron chi connectivity index (χ4n) is 3.61. The summed E-state index contributed by atoms with van der Waals surface area (Å²) in [5, 5.41) is 5.09. The van der Waals surface area contributed by atoms with Crippen LogP contribution in [0.4, 0.5) is 23.2 Å². The molecule has 27 heavy (non-hydrogen) atoms. The molecular weight excluding hydrogens is 407 g/mol. The zero-order chi connectivity index (χ0) is 20.7. The lowest BCUT2D eigenvalue weighted by atomic mass is 9.61. The standard InChI is InChI=1S/C18H20Cl2F4N2O/c1-11-9-13(26-25-12-7-5-4-6-8-12)14(15(2,3)10-11)16(27,17(19,21)22)18(20,23)24/h4-9,14,25,27H,10H2,1-3H3/b26-13+/t14-/m0/s1. The van der Waals surface area contributed by atoms with Gasteiger partial charge in [-0.3, -0.25) is 5.43 Å². The minimum atomic E-state index is -4.72. The van der Waals surface area contributed by atoms with Crippen LogP contribution in [0.5, 0.6) is 0 Å². The van der Waals surface area contributed by atoms with E-state index >= 15 is 0 Å². The van der Waals surface area contributed by atoms with Crippen molar-refractivity contribution >= 4 is 34.6 Å². The Balaban J connectivity index is 2.63. The second kappa shape index (κ2) is 7.26. The Bertz CT molecular complexity index is 726. The third-order valence-electron chi connectivity index (χ3n) is 4.58. The van der Waals surface area contributed by atoms with Crippen molar-refractivity contribution in [2.45, 2.75) is 43.6 Å². The molecule has 1 aliphatic carbocycles. The highest BCUT2D eigenvalue weighted by atomic mass is 35.5. The predicted octanol–water partition coefficient (Wildman–Crippen LogP) is 5.84. The smallest absolute Gasteiger partial charge is 0.357 e. The van der Waals surface area contributed by atoms with Gasteiger partial charge in [0.2, 0.25) is 5.60 Å². The van der Waals surface area contributed by atoms with Gasteiger partial charge >= 0.3 is 10.8 Å². The molecule has 1 aromatic carbocycles. The summed E-state index contributed by atoms with van der Waals surface area (Å²) in [4.78, 5) is 0. The van der Waals surface area contributed by atoms with E-state index in [-0.39, 0.29) is 12.1 Å². The van der Waals surface area contributed by atoms with Crippen LogP contribution < -0.4 is 5.43 Å². The monoisotopic (exact) mass is 426 g/mol. The van der Waals surface area contributed by atoms with Gasteiger partial charge in [0, 0.05) is 0 Å². The Kier molecular flexibility index (Phi) is 5.91. The Hall–Kier alpha value is -1.31. The number of halogens is 6. The van der Waals surface area contributed by atoms with Crippen LogP contribution in [0.1, 0.15) is 27.2 Å². The summed E-state index contributed by atoms with van der Waals surface area (Å²) < 4.78 is 56.3. The maximum atomic E-state index is 14.1. The molecule has 2 N–H and O–H groups in total. The van der Waals surface area contributed by atoms with Gasteiger partial charge in [0.05, 0.1) is 17.3 Å². The first-order chi connectivity index (χ1) is 12.2. The van der Waals surface area contributed by atoms with Gasteiger partial charge in [-0.2, -0.15) is 22.7 Å². The van der Waals surface area contributed by atoms with E-state index in [2.05, 4.69) is 10.5 Å². The molecule has 0 aliphatic heterocycles. The normalized spacial score (nSPS) is 22.5. The third kappa shape index (κ3) is 4.25. The number of alkyl halides is 6. The maximum Gasteiger partial charge on any atom is 0.357 e. The molecule has 0 saturated carbocycles. The highest BCUT2D eigenvalue weighted by Gasteiger charge is 2.73. The molecule has 0 aromatic heterocycles. The van der Waals surface area contributed by atoms with Crippen molar-refractivity contribution < 1.29 is 22.7 Å². The molecule has 0 fully saturated rings. The molecule has 150 valence electrons. The van der Waals surface area contributed by atoms with E-state index in [1.165, 1.54) is 19.9 Å². The predicted molar refractivity (Wildman–Crippen MR) is 99.7 cm³/mol. The maximum absolute atomic E-state index is 14.1. The molecule has 0 amide bonds. The SMILES string of the molecule is CC1=C/C(=N\Nc2ccccc2)[C@H](C(O)(C(F)(F)Cl)C(F)(F)Cl)C(C)(C)C1. The second-order valence-electron chi connectivity index (χ2n) is 7.37. The Morgan fingerprint density at radius 2 is 1.63 bits per heavy atom. The van der Waals surface area contributed by atoms with Gasteiger partial charge in [0.25, 0.3) is 0 Å². The van der Waals surface area contributed by atoms with Crippen molar-refractivity contribution in [2.24, 2.45) is 16.4 Å². The van der Waals surface area contributed by atoms with Crippen molar-refractivity contribution in [3.8, 4) is 0 Å². The summed E-state index contributed by atoms with van der Waals surface area (Å²) in [5.74, 6) is -1.86. The Labute approximate surface area is 165 Å². The average Bonchev–Trinajstić information content (AvgIpc) is 2.49. The Morgan fingerprint density at radius 1 is 1.11 bits per heavy atom. The fourth-order valence-corrected chi connectivity index (χ4v) is 4.12. The third-order valence-corrected chi connectivity index (χ3v) is 5.15. The molecule has 0 unspecified atom stereocenters. The van der Waals surface area contributed by atoms with Crippen LogP contribution in [0.15, 0.2) is 47.1 Å². The molecule has 1 atom stereocenters. The average molecular weight is 427 g/mol. The molecule has 0 saturated heterocycles. The zero-order valence-electron chi connectivity index (χ0n) is 14.9. The molecule has 1 aliphatic rings. The van der Waals surface area contributed by atoms with Crippen LogP contribution in [-0.4, -0.2) is 27.2 Å². The lowest BCUT2D eigenvalue weighted by molar-refractivity contribution is -0.246. The van der Waals surface area contributed by atoms with Crippen LogP contribution in [-0.2, 0) is 0 Å². The summed E-state index contributed by atoms with van der Waals surface area (Å²) >= 11 is 9.92. The van der Waals surface area contributed by atoms with Gasteiger partial charge in [0.15, 0.2) is 0 Å². The van der Waals surface area contributed by atoms with Crippen LogP contribution in [0.25, 0.3) is 0 Å². The summed E-state index contributed by atoms with van der Waals surface area (Å²) in [6.45, 7) is 4.66. The largest absolute Gasteiger partial charge is 0.376 e. The topological polar surface area (TPSA) is 44.6 Å². The highest BCUT2D eigenvalue weighted by molar-refractivity contribution is 6.27. The molecule has 0 radical (unpaired) electrons. The number of hydrazone groups is 1. The molecular formula is C18H20Cl2F4N2O. The minimum absolute atomic E-state index is 0.171. The first kappa shape index (κ1) is 22.0. The van der Waals surface area contributed by atoms with E-state index < -0.39 is 27.7 Å². The highest BCUT2D eigenvalue weighted by Crippen LogP contribution is 2.57. The van der Waals surface area contributed by atoms with Crippen LogP contribution in [0.3, 0.4) is 0 Å². The van der Waals surface area contributed by atoms with Gasteiger partial charge in [-0.05, 0) is 60.2 Å². The van der Waals surface area contributed by atoms with Crippen molar-refractivity contribution in [1.29, 1.82) is 0 Å². The lowest BCUT2D eigenvalue weighted by Gasteiger charge is -2.49. The molecule has 0 spiro atoms. The first-order valence-corrected chi connectivity index (χ1v) is 8.87. The van der Waals surface area contributed by atoms with Crippen LogP contribution >= 0.6 is 23.2 Å². The number of hydrogen-bond donors (Lipinski definition) is 2. The molecule has 3 nitrogen and oxygen atoms in total. The van der Waals surface area contributed by atoms with E-state index in [4.69, 9.17) is 23.2 Å². The number of anilines is 1. The van der Waals surface area contributed by atoms with Crippen LogP contribution in [0.2, 0.25) is 0 Å². The van der Waals surface area contributed by atoms with Gasteiger partial charge in [-0.15, -0.1) is 0 Å². The fraction of sp³-hybridized carbons (Fsp3) is 0.500. The van der Waals surface area contributed by atoms with E-state index in [1.807, 2.05) is 0 Å². The minimum Gasteiger partial charge on any atom is -0.376 e. The lowest BCUT2D eigenvalue weighted by Crippen LogP contribution is -2.66. The van der Waals surface area contributed by atoms with Crippen LogP contribution in [0, 0.1) is 11.3 Å². The van der Waals surface area contributed by atoms with Gasteiger partial charge in [0.1, 0.15) is 0 Å². The number of hydrogen-bond acceptors (Lipinski definition) is 3. The van der Waals surface area contributed by atoms with Gasteiger partial charge < -0.3 is 5.11 Å². The number of allylic oxidation sites excluding steroid dienone is 2. The molecule has 2 rings (SSSR count). The Morgan fingerprint density at radius 3 is 2.11 bits per heavy atom. The summed E-state index contributed by atoms with van der Waals surface area (Å²) in [5.41, 5.74) is -1.63. The number of nitrogens with zero attached hydrogens (tertiary/aromatic N) is 1. The van der Waals surface area contributed by atoms with E-state index in [0.717, 1.165) is 5.57 Å². The van der Waals surface area contributed by atoms with E-state index in [9.17, 15) is 22.7 Å². The summed E-state index contributed by atoms with van der Waals surface area (Å²) in [6.07, 6.45) is 1.55. The summed E-state index contributed by atoms with van der Waals surface area (Å²) in [6, 6.07) is 8.49. The summed E-state index contributed by atoms with van der Waals surface area (Å²) in [7, 11) is 0.